The van der Waals surface area contributed by atoms with Crippen LogP contribution in [0.5, 0.6) is 5.88 Å². The number of hydrogen-bond donors (Lipinski definition) is 10. The summed E-state index contributed by atoms with van der Waals surface area (Å²) in [4.78, 5) is 9.65. The van der Waals surface area contributed by atoms with Gasteiger partial charge >= 0.3 is 0 Å². The van der Waals surface area contributed by atoms with Crippen molar-refractivity contribution < 1.29 is 31.6 Å². The van der Waals surface area contributed by atoms with Gasteiger partial charge in [0.25, 0.3) is 11.7 Å². The Labute approximate surface area is 874 Å². The van der Waals surface area contributed by atoms with Gasteiger partial charge in [0, 0.05) is 135 Å². The fourth-order valence-corrected chi connectivity index (χ4v) is 20.0. The quantitative estimate of drug-likeness (QED) is 0.0144. The number of aromatic nitrogens is 14. The van der Waals surface area contributed by atoms with Gasteiger partial charge in [0.05, 0.1) is 226 Å². The molecule has 146 heavy (non-hydrogen) atoms. The Hall–Kier alpha value is -12.1. The van der Waals surface area contributed by atoms with Crippen molar-refractivity contribution >= 4 is 113 Å². The van der Waals surface area contributed by atoms with Crippen molar-refractivity contribution in [1.82, 2.24) is 81.6 Å². The van der Waals surface area contributed by atoms with Gasteiger partial charge in [-0.1, -0.05) is 49.4 Å². The van der Waals surface area contributed by atoms with E-state index < -0.39 is 0 Å². The van der Waals surface area contributed by atoms with Gasteiger partial charge in [0.1, 0.15) is 59.0 Å². The van der Waals surface area contributed by atoms with Crippen LogP contribution in [0.15, 0.2) is 171 Å². The molecule has 0 amide bonds. The Kier molecular flexibility index (Phi) is 43.8. The van der Waals surface area contributed by atoms with E-state index in [1.165, 1.54) is 119 Å². The van der Waals surface area contributed by atoms with E-state index in [-0.39, 0.29) is 52.0 Å². The number of piperidine rings is 1. The molecule has 6 saturated heterocycles. The van der Waals surface area contributed by atoms with Crippen LogP contribution in [0.2, 0.25) is 0 Å². The summed E-state index contributed by atoms with van der Waals surface area (Å²) in [6.45, 7) is 41.1. The van der Waals surface area contributed by atoms with Crippen molar-refractivity contribution in [3.05, 3.63) is 223 Å². The average Bonchev–Trinajstić information content (AvgIpc) is 1.60. The van der Waals surface area contributed by atoms with Crippen LogP contribution in [0.4, 0.5) is 74.7 Å². The first-order chi connectivity index (χ1) is 66.4. The first-order valence-electron chi connectivity index (χ1n) is 50.7. The van der Waals surface area contributed by atoms with E-state index in [0.29, 0.717) is 36.3 Å². The third-order valence-corrected chi connectivity index (χ3v) is 30.2. The number of nitrogen functional groups attached to an aromatic ring is 7. The van der Waals surface area contributed by atoms with Crippen LogP contribution in [-0.4, -0.2) is 376 Å². The van der Waals surface area contributed by atoms with Gasteiger partial charge in [-0.2, -0.15) is 0 Å². The summed E-state index contributed by atoms with van der Waals surface area (Å²) in [7, 11) is 25.2. The number of ether oxygens (including phenoxy) is 1. The second-order valence-electron chi connectivity index (χ2n) is 42.8. The molecule has 20 rings (SSSR count). The van der Waals surface area contributed by atoms with Crippen molar-refractivity contribution in [1.29, 1.82) is 0 Å². The van der Waals surface area contributed by atoms with Gasteiger partial charge in [0.15, 0.2) is 29.1 Å². The number of pyridine rings is 7. The highest BCUT2D eigenvalue weighted by Gasteiger charge is 2.38. The second-order valence-corrected chi connectivity index (χ2v) is 42.8. The Morgan fingerprint density at radius 3 is 1.08 bits per heavy atom. The highest BCUT2D eigenvalue weighted by Crippen LogP contribution is 2.37. The number of hydrogen-bond acceptors (Lipinski definition) is 22. The summed E-state index contributed by atoms with van der Waals surface area (Å²) in [6, 6.07) is 43.3. The lowest BCUT2D eigenvalue weighted by Crippen LogP contribution is -2.57. The van der Waals surface area contributed by atoms with Crippen LogP contribution in [0.3, 0.4) is 0 Å². The number of likely N-dealkylation sites (tertiary alicyclic amines) is 2. The van der Waals surface area contributed by atoms with E-state index >= 15 is 0 Å². The third-order valence-electron chi connectivity index (χ3n) is 30.2. The normalized spacial score (nSPS) is 17.2. The minimum Gasteiger partial charge on any atom is -0.469 e. The average molecular weight is 2020 g/mol. The zero-order chi connectivity index (χ0) is 99.0. The van der Waals surface area contributed by atoms with Gasteiger partial charge in [0.2, 0.25) is 0 Å². The third kappa shape index (κ3) is 29.7. The molecule has 20 heterocycles. The molecule has 17 N–H and O–H groups in total. The van der Waals surface area contributed by atoms with Crippen molar-refractivity contribution in [3.63, 3.8) is 0 Å². The lowest BCUT2D eigenvalue weighted by Gasteiger charge is -2.42. The first-order valence-corrected chi connectivity index (χ1v) is 50.7. The van der Waals surface area contributed by atoms with Gasteiger partial charge in [-0.05, 0) is 138 Å². The van der Waals surface area contributed by atoms with E-state index in [1.54, 1.807) is 4.52 Å². The van der Waals surface area contributed by atoms with Crippen molar-refractivity contribution in [2.24, 2.45) is 0 Å². The van der Waals surface area contributed by atoms with Crippen LogP contribution >= 0.6 is 0 Å². The topological polar surface area (TPSA) is 362 Å². The fraction of sp³-hybridized carbons (Fsp3) is 0.491. The van der Waals surface area contributed by atoms with Crippen molar-refractivity contribution in [2.45, 2.75) is 104 Å². The Morgan fingerprint density at radius 1 is 0.370 bits per heavy atom. The molecule has 6 aliphatic rings. The highest BCUT2D eigenvalue weighted by atomic mass is 16.5. The Balaban J connectivity index is 0.000000229. The standard InChI is InChI=1S/C17H29N6.C16H26N5.C16H27N4O.C15H25N6.C14H22N5.C13H20N5.C12H17N4.7CH3/c1-3-12-23(2)13-10-21(11-14-23)9-7-19-17-16(18)15-6-4-5-8-22(15)20-17;1-21(11-5-2-6-12-21)13-7-9-18-16-15(17)14-8-3-4-10-20(14)19-16;1-12(2)20(5,13(3)4)10-11-21-16-15(17)14-8-6-7-9-19(14)18-16;1-21(2)11-9-19(10-12-21)8-6-17-15-14(16)13-5-3-4-7-20(13)18-15;1-19(2,3)11-7-9-17(10-11)14-13(15)12-6-4-5-8-18(12)16-14;1-18(2)9-7-16(8-10-18)13-12(14)11-5-3-4-6-17(11)15-13;1-16(8-4-5-9-16)12-11(13)10-6-2-3-7-15(10)14-12;;;;;;;/h4-6,8H,3,7,9-14,18H2,1-2H3,(H,19,20);3-4,8,10H,2,5-7,9,11-13,17H2,1H3,(H,18,19);6-9,12-13H,10-11,17H2,1-5H3;3-5,7H,6,8-12,16H2,1-2H3,(H,17,18);4-6,8,11H,7,9-10,15H2,1-3H3;3-6H,7-10,14H2,1-2H3;2-3,6-7H,4-5,8-9,13H2,1H3;7*1H3/q7*+1;7*-1. The number of nitrogens with zero attached hydrogens (tertiary/aromatic N) is 25. The van der Waals surface area contributed by atoms with E-state index in [4.69, 9.17) is 44.9 Å². The Bertz CT molecular complexity index is 6230. The number of fused-ring (bicyclic) bond motifs is 7. The number of nitrogens with one attached hydrogen (secondary N) is 3. The van der Waals surface area contributed by atoms with E-state index in [2.05, 4.69) is 183 Å². The summed E-state index contributed by atoms with van der Waals surface area (Å²) < 4.78 is 26.2. The lowest BCUT2D eigenvalue weighted by molar-refractivity contribution is -0.949. The zero-order valence-corrected chi connectivity index (χ0v) is 93.3. The number of rotatable bonds is 25. The largest absolute Gasteiger partial charge is 0.469 e. The molecule has 0 radical (unpaired) electrons. The van der Waals surface area contributed by atoms with E-state index in [0.717, 1.165) is 241 Å². The molecule has 0 saturated carbocycles. The summed E-state index contributed by atoms with van der Waals surface area (Å²) in [5.41, 5.74) is 55.2. The molecule has 36 heteroatoms. The van der Waals surface area contributed by atoms with Gasteiger partial charge < -0.3 is 150 Å². The minimum atomic E-state index is 0. The van der Waals surface area contributed by atoms with Crippen LogP contribution in [0.25, 0.3) is 38.6 Å². The molecule has 36 nitrogen and oxygen atoms in total. The predicted octanol–water partition coefficient (Wildman–Crippen LogP) is 13.9. The van der Waals surface area contributed by atoms with Crippen LogP contribution in [-0.2, 0) is 0 Å². The van der Waals surface area contributed by atoms with Crippen molar-refractivity contribution in [3.8, 4) is 5.88 Å². The van der Waals surface area contributed by atoms with Gasteiger partial charge in [-0.3, -0.25) is 14.3 Å². The number of anilines is 12. The van der Waals surface area contributed by atoms with Crippen LogP contribution in [0.1, 0.15) is 86.0 Å². The number of quaternary nitrogens is 7. The fourth-order valence-electron chi connectivity index (χ4n) is 20.0. The maximum absolute atomic E-state index is 6.24. The SMILES string of the molecule is CC(C)[N+](C)(CCOc1nn2ccccc2c1N)C(C)C.CCC[N+]1(C)CCN(CCNc2nn3ccccc3c2N)CC1.C[N+](C)(C)C1CCN(c2nn3ccccc3c2N)C1.C[N+]1(C)CCN(CCNc2nn3ccccc3c2N)CC1.C[N+]1(C)CCN(c2nn3ccccc3c2N)CC1.C[N+]1(CCCNc2nn3ccccc3c2N)CCCCC1.C[N+]1(c2nn3ccccc3c2N)CCCC1.[CH3-].[CH3-].[CH3-].[CH3-].[CH3-].[CH3-].[CH3-]. The highest BCUT2D eigenvalue weighted by molar-refractivity contribution is 5.85. The molecule has 0 aliphatic carbocycles. The summed E-state index contributed by atoms with van der Waals surface area (Å²) >= 11 is 0. The molecule has 14 aromatic heterocycles. The first kappa shape index (κ1) is 121. The van der Waals surface area contributed by atoms with Gasteiger partial charge in [-0.25, -0.2) is 31.6 Å². The predicted molar refractivity (Wildman–Crippen MR) is 619 cm³/mol. The molecule has 0 bridgehead atoms. The number of likely N-dealkylation sites (N-methyl/N-ethyl adjacent to an activating group) is 5. The van der Waals surface area contributed by atoms with Gasteiger partial charge in [-0.15, -0.1) is 35.7 Å². The molecule has 6 fully saturated rings. The summed E-state index contributed by atoms with van der Waals surface area (Å²) in [6.07, 6.45) is 23.8. The van der Waals surface area contributed by atoms with Crippen molar-refractivity contribution in [2.75, 3.05) is 320 Å². The maximum atomic E-state index is 6.24. The summed E-state index contributed by atoms with van der Waals surface area (Å²) in [5, 5.41) is 41.8. The summed E-state index contributed by atoms with van der Waals surface area (Å²) in [5.74, 6) is 5.81. The molecule has 0 spiro atoms. The Morgan fingerprint density at radius 2 is 0.712 bits per heavy atom. The molecule has 14 aromatic rings. The van der Waals surface area contributed by atoms with Crippen LogP contribution in [0, 0.1) is 52.0 Å². The minimum absolute atomic E-state index is 0. The zero-order valence-electron chi connectivity index (χ0n) is 93.3. The molecular formula is C110H187N35O. The van der Waals surface area contributed by atoms with Crippen LogP contribution < -0.4 is 75.1 Å². The maximum Gasteiger partial charge on any atom is 0.270 e. The number of nitrogens with two attached hydrogens (primary N) is 7. The number of piperazine rings is 3. The molecule has 0 aromatic carbocycles. The molecule has 6 aliphatic heterocycles. The van der Waals surface area contributed by atoms with E-state index in [9.17, 15) is 0 Å². The molecule has 808 valence electrons. The molecular weight excluding hydrogens is 1830 g/mol. The molecule has 1 unspecified atom stereocenters. The second kappa shape index (κ2) is 53.0. The monoisotopic (exact) mass is 2010 g/mol. The smallest absolute Gasteiger partial charge is 0.270 e. The van der Waals surface area contributed by atoms with E-state index in [1.807, 2.05) is 198 Å². The lowest BCUT2D eigenvalue weighted by atomic mass is 10.1. The molecule has 1 atom stereocenters.